The third-order valence-corrected chi connectivity index (χ3v) is 3.49. The fourth-order valence-corrected chi connectivity index (χ4v) is 2.68. The van der Waals surface area contributed by atoms with Gasteiger partial charge in [-0.05, 0) is 40.9 Å². The molecule has 1 aliphatic rings. The summed E-state index contributed by atoms with van der Waals surface area (Å²) in [6.45, 7) is 1.95. The van der Waals surface area contributed by atoms with Crippen LogP contribution in [0, 0.1) is 6.92 Å². The molecule has 106 valence electrons. The number of aryl methyl sites for hydroxylation is 1. The van der Waals surface area contributed by atoms with Crippen LogP contribution in [0.4, 0.5) is 19.0 Å². The van der Waals surface area contributed by atoms with Gasteiger partial charge in [-0.25, -0.2) is 4.98 Å². The number of hydrogen-bond acceptors (Lipinski definition) is 3. The summed E-state index contributed by atoms with van der Waals surface area (Å²) in [7, 11) is 0. The van der Waals surface area contributed by atoms with Gasteiger partial charge in [-0.2, -0.15) is 13.2 Å². The quantitative estimate of drug-likeness (QED) is 0.917. The molecule has 2 rings (SSSR count). The van der Waals surface area contributed by atoms with E-state index < -0.39 is 12.7 Å². The third kappa shape index (κ3) is 4.35. The van der Waals surface area contributed by atoms with E-state index in [4.69, 9.17) is 0 Å². The highest BCUT2D eigenvalue weighted by Gasteiger charge is 2.34. The molecular formula is C12H15BrF3N3. The number of halogens is 4. The number of nitrogens with one attached hydrogen (secondary N) is 1. The van der Waals surface area contributed by atoms with Crippen LogP contribution < -0.4 is 5.32 Å². The van der Waals surface area contributed by atoms with Gasteiger partial charge in [0.15, 0.2) is 0 Å². The fraction of sp³-hybridized carbons (Fsp3) is 0.583. The standard InChI is InChI=1S/C12H15BrF3N3/c1-8-4-9(13)5-17-11(8)18-10-2-3-19(6-10)7-12(14,15)16/h4-5,10H,2-3,6-7H2,1H3,(H,17,18). The highest BCUT2D eigenvalue weighted by molar-refractivity contribution is 9.10. The zero-order valence-electron chi connectivity index (χ0n) is 10.5. The zero-order valence-corrected chi connectivity index (χ0v) is 12.1. The molecule has 1 atom stereocenters. The molecule has 1 aromatic heterocycles. The number of pyridine rings is 1. The van der Waals surface area contributed by atoms with Crippen molar-refractivity contribution in [3.8, 4) is 0 Å². The molecule has 2 heterocycles. The Hall–Kier alpha value is -0.820. The maximum atomic E-state index is 12.3. The van der Waals surface area contributed by atoms with E-state index in [2.05, 4.69) is 26.2 Å². The highest BCUT2D eigenvalue weighted by Crippen LogP contribution is 2.23. The van der Waals surface area contributed by atoms with E-state index in [1.54, 1.807) is 6.20 Å². The Morgan fingerprint density at radius 3 is 2.89 bits per heavy atom. The molecule has 1 saturated heterocycles. The lowest BCUT2D eigenvalue weighted by molar-refractivity contribution is -0.143. The SMILES string of the molecule is Cc1cc(Br)cnc1NC1CCN(CC(F)(F)F)C1. The first kappa shape index (κ1) is 14.6. The Balaban J connectivity index is 1.91. The van der Waals surface area contributed by atoms with E-state index in [0.29, 0.717) is 19.5 Å². The van der Waals surface area contributed by atoms with Crippen molar-refractivity contribution in [1.29, 1.82) is 0 Å². The summed E-state index contributed by atoms with van der Waals surface area (Å²) >= 11 is 3.33. The van der Waals surface area contributed by atoms with Gasteiger partial charge in [0.2, 0.25) is 0 Å². The number of nitrogens with zero attached hydrogens (tertiary/aromatic N) is 2. The van der Waals surface area contributed by atoms with Gasteiger partial charge in [-0.15, -0.1) is 0 Å². The van der Waals surface area contributed by atoms with Gasteiger partial charge >= 0.3 is 6.18 Å². The summed E-state index contributed by atoms with van der Waals surface area (Å²) < 4.78 is 37.8. The molecule has 0 amide bonds. The Kier molecular flexibility index (Phi) is 4.35. The summed E-state index contributed by atoms with van der Waals surface area (Å²) in [6.07, 6.45) is -1.74. The van der Waals surface area contributed by atoms with Crippen LogP contribution in [0.5, 0.6) is 0 Å². The number of alkyl halides is 3. The van der Waals surface area contributed by atoms with Gasteiger partial charge in [0.05, 0.1) is 6.54 Å². The van der Waals surface area contributed by atoms with E-state index in [1.807, 2.05) is 13.0 Å². The first-order chi connectivity index (χ1) is 8.83. The summed E-state index contributed by atoms with van der Waals surface area (Å²) in [5.74, 6) is 0.738. The number of hydrogen-bond donors (Lipinski definition) is 1. The molecule has 1 fully saturated rings. The lowest BCUT2D eigenvalue weighted by atomic mass is 10.2. The molecule has 1 unspecified atom stereocenters. The smallest absolute Gasteiger partial charge is 0.366 e. The second-order valence-electron chi connectivity index (χ2n) is 4.80. The summed E-state index contributed by atoms with van der Waals surface area (Å²) in [5, 5.41) is 3.21. The van der Waals surface area contributed by atoms with Crippen molar-refractivity contribution in [3.05, 3.63) is 22.3 Å². The summed E-state index contributed by atoms with van der Waals surface area (Å²) in [4.78, 5) is 5.66. The minimum atomic E-state index is -4.12. The van der Waals surface area contributed by atoms with Crippen LogP contribution in [0.1, 0.15) is 12.0 Å². The molecule has 0 spiro atoms. The predicted molar refractivity (Wildman–Crippen MR) is 71.2 cm³/mol. The van der Waals surface area contributed by atoms with Crippen LogP contribution in [-0.4, -0.2) is 41.7 Å². The van der Waals surface area contributed by atoms with E-state index >= 15 is 0 Å². The minimum Gasteiger partial charge on any atom is -0.366 e. The maximum Gasteiger partial charge on any atom is 0.401 e. The van der Waals surface area contributed by atoms with Gasteiger partial charge in [0.25, 0.3) is 0 Å². The molecule has 7 heteroatoms. The fourth-order valence-electron chi connectivity index (χ4n) is 2.23. The number of likely N-dealkylation sites (tertiary alicyclic amines) is 1. The first-order valence-electron chi connectivity index (χ1n) is 6.01. The van der Waals surface area contributed by atoms with Crippen LogP contribution in [0.2, 0.25) is 0 Å². The average Bonchev–Trinajstić information content (AvgIpc) is 2.67. The lowest BCUT2D eigenvalue weighted by Crippen LogP contribution is -2.34. The Morgan fingerprint density at radius 2 is 2.26 bits per heavy atom. The molecule has 1 aromatic rings. The lowest BCUT2D eigenvalue weighted by Gasteiger charge is -2.19. The predicted octanol–water partition coefficient (Wildman–Crippen LogP) is 3.20. The van der Waals surface area contributed by atoms with Crippen molar-refractivity contribution in [2.75, 3.05) is 25.0 Å². The van der Waals surface area contributed by atoms with Gasteiger partial charge in [0.1, 0.15) is 5.82 Å². The van der Waals surface area contributed by atoms with Crippen molar-refractivity contribution in [3.63, 3.8) is 0 Å². The third-order valence-electron chi connectivity index (χ3n) is 3.06. The molecular weight excluding hydrogens is 323 g/mol. The Morgan fingerprint density at radius 1 is 1.53 bits per heavy atom. The zero-order chi connectivity index (χ0) is 14.0. The average molecular weight is 338 g/mol. The van der Waals surface area contributed by atoms with E-state index in [1.165, 1.54) is 4.90 Å². The monoisotopic (exact) mass is 337 g/mol. The maximum absolute atomic E-state index is 12.3. The topological polar surface area (TPSA) is 28.2 Å². The molecule has 0 radical (unpaired) electrons. The van der Waals surface area contributed by atoms with Crippen LogP contribution >= 0.6 is 15.9 Å². The highest BCUT2D eigenvalue weighted by atomic mass is 79.9. The van der Waals surface area contributed by atoms with Crippen molar-refractivity contribution in [2.45, 2.75) is 25.6 Å². The van der Waals surface area contributed by atoms with Crippen molar-refractivity contribution >= 4 is 21.7 Å². The molecule has 0 saturated carbocycles. The van der Waals surface area contributed by atoms with E-state index in [-0.39, 0.29) is 6.04 Å². The van der Waals surface area contributed by atoms with Crippen LogP contribution in [-0.2, 0) is 0 Å². The van der Waals surface area contributed by atoms with Gasteiger partial charge in [0, 0.05) is 29.8 Å². The van der Waals surface area contributed by atoms with E-state index in [0.717, 1.165) is 15.9 Å². The second kappa shape index (κ2) is 5.66. The normalized spacial score (nSPS) is 20.8. The summed E-state index contributed by atoms with van der Waals surface area (Å²) in [5.41, 5.74) is 0.976. The molecule has 19 heavy (non-hydrogen) atoms. The molecule has 0 aromatic carbocycles. The largest absolute Gasteiger partial charge is 0.401 e. The molecule has 0 bridgehead atoms. The Bertz CT molecular complexity index is 450. The van der Waals surface area contributed by atoms with Crippen molar-refractivity contribution < 1.29 is 13.2 Å². The minimum absolute atomic E-state index is 0.0229. The number of aromatic nitrogens is 1. The first-order valence-corrected chi connectivity index (χ1v) is 6.80. The van der Waals surface area contributed by atoms with Crippen LogP contribution in [0.15, 0.2) is 16.7 Å². The van der Waals surface area contributed by atoms with Crippen LogP contribution in [0.3, 0.4) is 0 Å². The second-order valence-corrected chi connectivity index (χ2v) is 5.71. The van der Waals surface area contributed by atoms with Gasteiger partial charge in [-0.3, -0.25) is 4.90 Å². The Labute approximate surface area is 118 Å². The van der Waals surface area contributed by atoms with Crippen molar-refractivity contribution in [1.82, 2.24) is 9.88 Å². The van der Waals surface area contributed by atoms with Gasteiger partial charge in [-0.1, -0.05) is 0 Å². The number of rotatable bonds is 3. The summed E-state index contributed by atoms with van der Waals surface area (Å²) in [6, 6.07) is 1.95. The molecule has 1 aliphatic heterocycles. The molecule has 3 nitrogen and oxygen atoms in total. The molecule has 1 N–H and O–H groups in total. The molecule has 0 aliphatic carbocycles. The van der Waals surface area contributed by atoms with Gasteiger partial charge < -0.3 is 5.32 Å². The van der Waals surface area contributed by atoms with Crippen LogP contribution in [0.25, 0.3) is 0 Å². The number of anilines is 1. The van der Waals surface area contributed by atoms with E-state index in [9.17, 15) is 13.2 Å². The van der Waals surface area contributed by atoms with Crippen molar-refractivity contribution in [2.24, 2.45) is 0 Å².